The molecule has 144 valence electrons. The highest BCUT2D eigenvalue weighted by Gasteiger charge is 2.11. The quantitative estimate of drug-likeness (QED) is 0.627. The van der Waals surface area contributed by atoms with E-state index in [9.17, 15) is 4.79 Å². The molecule has 3 aromatic rings. The Bertz CT molecular complexity index is 973. The third-order valence-electron chi connectivity index (χ3n) is 4.31. The topological polar surface area (TPSA) is 72.5 Å². The Kier molecular flexibility index (Phi) is 6.11. The maximum Gasteiger partial charge on any atom is 0.274 e. The molecule has 2 N–H and O–H groups in total. The van der Waals surface area contributed by atoms with Crippen LogP contribution in [0.5, 0.6) is 11.5 Å². The number of carbonyl (C=O) groups is 1. The third kappa shape index (κ3) is 4.40. The van der Waals surface area contributed by atoms with Gasteiger partial charge in [-0.05, 0) is 42.3 Å². The summed E-state index contributed by atoms with van der Waals surface area (Å²) in [5.41, 5.74) is 3.77. The number of rotatable bonds is 7. The Morgan fingerprint density at radius 2 is 1.71 bits per heavy atom. The largest absolute Gasteiger partial charge is 0.493 e. The summed E-state index contributed by atoms with van der Waals surface area (Å²) in [5, 5.41) is 6.19. The van der Waals surface area contributed by atoms with Gasteiger partial charge < -0.3 is 20.1 Å². The first-order valence-corrected chi connectivity index (χ1v) is 8.99. The molecule has 0 saturated carbocycles. The molecule has 2 aromatic carbocycles. The first-order chi connectivity index (χ1) is 13.6. The van der Waals surface area contributed by atoms with Crippen LogP contribution < -0.4 is 20.1 Å². The fraction of sp³-hybridized carbons (Fsp3) is 0.182. The van der Waals surface area contributed by atoms with Crippen LogP contribution in [-0.2, 0) is 6.42 Å². The summed E-state index contributed by atoms with van der Waals surface area (Å²) in [6, 6.07) is 16.8. The lowest BCUT2D eigenvalue weighted by Gasteiger charge is -2.12. The number of ether oxygens (including phenoxy) is 2. The van der Waals surface area contributed by atoms with E-state index in [-0.39, 0.29) is 5.91 Å². The van der Waals surface area contributed by atoms with Crippen LogP contribution in [0.1, 0.15) is 23.0 Å². The Balaban J connectivity index is 1.77. The van der Waals surface area contributed by atoms with Gasteiger partial charge in [0.2, 0.25) is 0 Å². The first-order valence-electron chi connectivity index (χ1n) is 8.99. The molecule has 3 rings (SSSR count). The number of hydrogen-bond acceptors (Lipinski definition) is 5. The summed E-state index contributed by atoms with van der Waals surface area (Å²) in [6.07, 6.45) is 2.44. The molecule has 0 aliphatic carbocycles. The number of hydrogen-bond donors (Lipinski definition) is 2. The van der Waals surface area contributed by atoms with E-state index in [1.807, 2.05) is 42.5 Å². The van der Waals surface area contributed by atoms with Crippen LogP contribution in [0.3, 0.4) is 0 Å². The van der Waals surface area contributed by atoms with Gasteiger partial charge in [-0.3, -0.25) is 9.78 Å². The summed E-state index contributed by atoms with van der Waals surface area (Å²) in [4.78, 5) is 16.8. The lowest BCUT2D eigenvalue weighted by Crippen LogP contribution is -2.15. The first kappa shape index (κ1) is 19.2. The molecule has 0 bridgehead atoms. The third-order valence-corrected chi connectivity index (χ3v) is 4.31. The summed E-state index contributed by atoms with van der Waals surface area (Å²) < 4.78 is 10.6. The van der Waals surface area contributed by atoms with E-state index in [1.54, 1.807) is 32.5 Å². The Morgan fingerprint density at radius 3 is 2.46 bits per heavy atom. The number of amides is 1. The molecule has 0 radical (unpaired) electrons. The smallest absolute Gasteiger partial charge is 0.274 e. The molecule has 6 nitrogen and oxygen atoms in total. The number of anilines is 3. The maximum absolute atomic E-state index is 12.6. The predicted molar refractivity (Wildman–Crippen MR) is 111 cm³/mol. The van der Waals surface area contributed by atoms with Crippen LogP contribution in [0.2, 0.25) is 0 Å². The second-order valence-corrected chi connectivity index (χ2v) is 6.09. The number of para-hydroxylation sites is 1. The van der Waals surface area contributed by atoms with Gasteiger partial charge in [-0.25, -0.2) is 0 Å². The highest BCUT2D eigenvalue weighted by molar-refractivity contribution is 6.03. The highest BCUT2D eigenvalue weighted by Crippen LogP contribution is 2.31. The number of nitrogens with one attached hydrogen (secondary N) is 2. The zero-order valence-corrected chi connectivity index (χ0v) is 16.2. The van der Waals surface area contributed by atoms with Crippen LogP contribution in [0.25, 0.3) is 0 Å². The van der Waals surface area contributed by atoms with Gasteiger partial charge in [-0.2, -0.15) is 0 Å². The zero-order valence-electron chi connectivity index (χ0n) is 16.2. The summed E-state index contributed by atoms with van der Waals surface area (Å²) in [6.45, 7) is 2.05. The van der Waals surface area contributed by atoms with Crippen LogP contribution >= 0.6 is 0 Å². The normalized spacial score (nSPS) is 10.2. The minimum absolute atomic E-state index is 0.253. The average Bonchev–Trinajstić information content (AvgIpc) is 2.74. The maximum atomic E-state index is 12.6. The van der Waals surface area contributed by atoms with E-state index in [0.717, 1.165) is 29.0 Å². The molecule has 0 aliphatic rings. The Labute approximate surface area is 164 Å². The fourth-order valence-electron chi connectivity index (χ4n) is 2.85. The lowest BCUT2D eigenvalue weighted by molar-refractivity contribution is 0.102. The van der Waals surface area contributed by atoms with Crippen LogP contribution in [0.4, 0.5) is 17.1 Å². The van der Waals surface area contributed by atoms with Crippen molar-refractivity contribution in [2.24, 2.45) is 0 Å². The molecule has 0 spiro atoms. The number of methoxy groups -OCH3 is 2. The van der Waals surface area contributed by atoms with E-state index >= 15 is 0 Å². The summed E-state index contributed by atoms with van der Waals surface area (Å²) >= 11 is 0. The standard InChI is InChI=1S/C22H23N3O3/c1-4-15-7-5-6-8-18(15)25-22(26)19-13-17(11-12-23-19)24-16-9-10-20(27-2)21(14-16)28-3/h5-14H,4H2,1-3H3,(H,23,24)(H,25,26). The summed E-state index contributed by atoms with van der Waals surface area (Å²) in [5.74, 6) is 1.02. The van der Waals surface area contributed by atoms with Crippen molar-refractivity contribution in [3.05, 3.63) is 72.1 Å². The van der Waals surface area contributed by atoms with Crippen LogP contribution in [0, 0.1) is 0 Å². The average molecular weight is 377 g/mol. The van der Waals surface area contributed by atoms with Crippen molar-refractivity contribution in [1.82, 2.24) is 4.98 Å². The van der Waals surface area contributed by atoms with Gasteiger partial charge in [0.1, 0.15) is 5.69 Å². The van der Waals surface area contributed by atoms with Gasteiger partial charge in [0.05, 0.1) is 14.2 Å². The van der Waals surface area contributed by atoms with Gasteiger partial charge >= 0.3 is 0 Å². The van der Waals surface area contributed by atoms with Crippen molar-refractivity contribution in [3.8, 4) is 11.5 Å². The van der Waals surface area contributed by atoms with E-state index in [4.69, 9.17) is 9.47 Å². The van der Waals surface area contributed by atoms with E-state index in [1.165, 1.54) is 0 Å². The van der Waals surface area contributed by atoms with Crippen LogP contribution in [0.15, 0.2) is 60.8 Å². The van der Waals surface area contributed by atoms with E-state index in [0.29, 0.717) is 17.2 Å². The molecule has 0 saturated heterocycles. The minimum atomic E-state index is -0.253. The molecule has 0 atom stereocenters. The number of benzene rings is 2. The number of aryl methyl sites for hydroxylation is 1. The molecule has 1 amide bonds. The monoisotopic (exact) mass is 377 g/mol. The molecular weight excluding hydrogens is 354 g/mol. The molecule has 1 heterocycles. The molecule has 0 fully saturated rings. The SMILES string of the molecule is CCc1ccccc1NC(=O)c1cc(Nc2ccc(OC)c(OC)c2)ccn1. The molecular formula is C22H23N3O3. The van der Waals surface area contributed by atoms with Gasteiger partial charge in [0, 0.05) is 29.3 Å². The molecule has 0 unspecified atom stereocenters. The number of pyridine rings is 1. The second-order valence-electron chi connectivity index (χ2n) is 6.09. The van der Waals surface area contributed by atoms with Crippen molar-refractivity contribution in [2.75, 3.05) is 24.9 Å². The highest BCUT2D eigenvalue weighted by atomic mass is 16.5. The van der Waals surface area contributed by atoms with Crippen LogP contribution in [-0.4, -0.2) is 25.1 Å². The minimum Gasteiger partial charge on any atom is -0.493 e. The van der Waals surface area contributed by atoms with Crippen molar-refractivity contribution < 1.29 is 14.3 Å². The van der Waals surface area contributed by atoms with E-state index < -0.39 is 0 Å². The second kappa shape index (κ2) is 8.90. The molecule has 6 heteroatoms. The predicted octanol–water partition coefficient (Wildman–Crippen LogP) is 4.66. The van der Waals surface area contributed by atoms with Crippen molar-refractivity contribution in [3.63, 3.8) is 0 Å². The Hall–Kier alpha value is -3.54. The molecule has 0 aliphatic heterocycles. The van der Waals surface area contributed by atoms with E-state index in [2.05, 4.69) is 22.5 Å². The number of aromatic nitrogens is 1. The zero-order chi connectivity index (χ0) is 19.9. The lowest BCUT2D eigenvalue weighted by atomic mass is 10.1. The number of nitrogens with zero attached hydrogens (tertiary/aromatic N) is 1. The van der Waals surface area contributed by atoms with Gasteiger partial charge in [-0.15, -0.1) is 0 Å². The van der Waals surface area contributed by atoms with Crippen molar-refractivity contribution in [2.45, 2.75) is 13.3 Å². The van der Waals surface area contributed by atoms with Crippen molar-refractivity contribution in [1.29, 1.82) is 0 Å². The van der Waals surface area contributed by atoms with Crippen molar-refractivity contribution >= 4 is 23.0 Å². The van der Waals surface area contributed by atoms with Gasteiger partial charge in [-0.1, -0.05) is 25.1 Å². The molecule has 28 heavy (non-hydrogen) atoms. The molecule has 1 aromatic heterocycles. The van der Waals surface area contributed by atoms with Gasteiger partial charge in [0.15, 0.2) is 11.5 Å². The summed E-state index contributed by atoms with van der Waals surface area (Å²) in [7, 11) is 3.18. The number of carbonyl (C=O) groups excluding carboxylic acids is 1. The Morgan fingerprint density at radius 1 is 0.964 bits per heavy atom. The van der Waals surface area contributed by atoms with Gasteiger partial charge in [0.25, 0.3) is 5.91 Å². The fourth-order valence-corrected chi connectivity index (χ4v) is 2.85.